The third-order valence-electron chi connectivity index (χ3n) is 7.80. The number of likely N-dealkylation sites (N-methyl/N-ethyl adjacent to an activating group) is 1. The van der Waals surface area contributed by atoms with Gasteiger partial charge in [-0.05, 0) is 53.3 Å². The first kappa shape index (κ1) is 24.5. The molecule has 1 aliphatic carbocycles. The van der Waals surface area contributed by atoms with Crippen molar-refractivity contribution in [3.63, 3.8) is 0 Å². The molecular weight excluding hydrogens is 480 g/mol. The average Bonchev–Trinajstić information content (AvgIpc) is 3.62. The summed E-state index contributed by atoms with van der Waals surface area (Å²) >= 11 is 0. The molecule has 1 atom stereocenters. The number of carbonyl (C=O) groups is 1. The number of hydrogen-bond acceptors (Lipinski definition) is 7. The van der Waals surface area contributed by atoms with Gasteiger partial charge in [0.15, 0.2) is 12.2 Å². The van der Waals surface area contributed by atoms with Crippen LogP contribution in [0.2, 0.25) is 0 Å². The van der Waals surface area contributed by atoms with Crippen molar-refractivity contribution in [2.75, 3.05) is 52.3 Å². The Balaban J connectivity index is 1.25. The quantitative estimate of drug-likeness (QED) is 0.517. The van der Waals surface area contributed by atoms with Crippen LogP contribution in [0.3, 0.4) is 0 Å². The summed E-state index contributed by atoms with van der Waals surface area (Å²) in [5, 5.41) is 3.58. The number of oxazole rings is 1. The van der Waals surface area contributed by atoms with Crippen LogP contribution in [0.5, 0.6) is 5.75 Å². The maximum atomic E-state index is 13.1. The van der Waals surface area contributed by atoms with Gasteiger partial charge in [-0.15, -0.1) is 0 Å². The Morgan fingerprint density at radius 3 is 2.84 bits per heavy atom. The summed E-state index contributed by atoms with van der Waals surface area (Å²) in [6.07, 6.45) is 7.06. The van der Waals surface area contributed by atoms with Gasteiger partial charge >= 0.3 is 0 Å². The molecule has 0 radical (unpaired) electrons. The first-order valence-corrected chi connectivity index (χ1v) is 13.0. The summed E-state index contributed by atoms with van der Waals surface area (Å²) in [6.45, 7) is 7.77. The van der Waals surface area contributed by atoms with E-state index in [0.717, 1.165) is 59.6 Å². The summed E-state index contributed by atoms with van der Waals surface area (Å²) in [6, 6.07) is 10.6. The van der Waals surface area contributed by atoms with Crippen molar-refractivity contribution in [3.8, 4) is 17.1 Å². The Labute approximate surface area is 222 Å². The highest BCUT2D eigenvalue weighted by Crippen LogP contribution is 2.43. The average molecular weight is 513 g/mol. The van der Waals surface area contributed by atoms with Gasteiger partial charge in [0, 0.05) is 37.5 Å². The summed E-state index contributed by atoms with van der Waals surface area (Å²) < 4.78 is 16.6. The number of rotatable bonds is 6. The number of aryl methyl sites for hydroxylation is 1. The Hall–Kier alpha value is -3.88. The molecule has 0 bridgehead atoms. The highest BCUT2D eigenvalue weighted by molar-refractivity contribution is 5.98. The zero-order valence-corrected chi connectivity index (χ0v) is 21.8. The van der Waals surface area contributed by atoms with Gasteiger partial charge in [0.1, 0.15) is 5.75 Å². The van der Waals surface area contributed by atoms with Gasteiger partial charge < -0.3 is 24.1 Å². The number of morpholine rings is 1. The van der Waals surface area contributed by atoms with Crippen molar-refractivity contribution in [1.82, 2.24) is 14.8 Å². The van der Waals surface area contributed by atoms with Crippen molar-refractivity contribution in [1.29, 1.82) is 0 Å². The molecule has 0 saturated carbocycles. The maximum Gasteiger partial charge on any atom is 0.237 e. The number of methoxy groups -OCH3 is 1. The number of aromatic nitrogens is 1. The van der Waals surface area contributed by atoms with Gasteiger partial charge in [0.05, 0.1) is 50.4 Å². The SMILES string of the molecule is C=C1C=C(c2ccc3c(c2)C(N(C)C(=O)CN2CCOCC2)CC3)Nc2cc(OC)c(-c3cnco3)cc21. The van der Waals surface area contributed by atoms with E-state index in [0.29, 0.717) is 31.3 Å². The van der Waals surface area contributed by atoms with Crippen LogP contribution >= 0.6 is 0 Å². The molecule has 2 aliphatic heterocycles. The van der Waals surface area contributed by atoms with Crippen LogP contribution < -0.4 is 10.1 Å². The topological polar surface area (TPSA) is 80.1 Å². The van der Waals surface area contributed by atoms with E-state index in [1.54, 1.807) is 13.3 Å². The lowest BCUT2D eigenvalue weighted by molar-refractivity contribution is -0.134. The lowest BCUT2D eigenvalue weighted by Crippen LogP contribution is -2.44. The van der Waals surface area contributed by atoms with E-state index in [-0.39, 0.29) is 11.9 Å². The van der Waals surface area contributed by atoms with E-state index in [4.69, 9.17) is 13.9 Å². The van der Waals surface area contributed by atoms with Crippen LogP contribution in [0.4, 0.5) is 5.69 Å². The lowest BCUT2D eigenvalue weighted by atomic mass is 9.93. The number of benzene rings is 2. The fraction of sp³-hybridized carbons (Fsp3) is 0.333. The molecule has 3 aliphatic rings. The van der Waals surface area contributed by atoms with E-state index >= 15 is 0 Å². The van der Waals surface area contributed by atoms with Crippen LogP contribution in [-0.4, -0.2) is 67.7 Å². The molecule has 3 aromatic rings. The molecule has 38 heavy (non-hydrogen) atoms. The third-order valence-corrected chi connectivity index (χ3v) is 7.80. The number of hydrogen-bond donors (Lipinski definition) is 1. The lowest BCUT2D eigenvalue weighted by Gasteiger charge is -2.31. The molecule has 3 heterocycles. The number of ether oxygens (including phenoxy) is 2. The van der Waals surface area contributed by atoms with Gasteiger partial charge in [-0.2, -0.15) is 0 Å². The van der Waals surface area contributed by atoms with E-state index in [2.05, 4.69) is 46.1 Å². The molecule has 196 valence electrons. The number of nitrogens with one attached hydrogen (secondary N) is 1. The molecule has 1 unspecified atom stereocenters. The summed E-state index contributed by atoms with van der Waals surface area (Å²) in [5.74, 6) is 1.49. The molecule has 1 aromatic heterocycles. The zero-order valence-electron chi connectivity index (χ0n) is 21.8. The van der Waals surface area contributed by atoms with Gasteiger partial charge in [0.2, 0.25) is 5.91 Å². The molecule has 1 N–H and O–H groups in total. The molecular formula is C30H32N4O4. The molecule has 0 spiro atoms. The number of fused-ring (bicyclic) bond motifs is 2. The molecule has 6 rings (SSSR count). The predicted octanol–water partition coefficient (Wildman–Crippen LogP) is 4.61. The number of amides is 1. The van der Waals surface area contributed by atoms with Gasteiger partial charge in [0.25, 0.3) is 0 Å². The molecule has 1 saturated heterocycles. The monoisotopic (exact) mass is 512 g/mol. The number of nitrogens with zero attached hydrogens (tertiary/aromatic N) is 3. The van der Waals surface area contributed by atoms with Crippen LogP contribution in [0.15, 0.2) is 60.0 Å². The van der Waals surface area contributed by atoms with Crippen molar-refractivity contribution in [2.24, 2.45) is 0 Å². The minimum absolute atomic E-state index is 0.0720. The van der Waals surface area contributed by atoms with Gasteiger partial charge in [-0.25, -0.2) is 4.98 Å². The molecule has 1 amide bonds. The molecule has 1 fully saturated rings. The number of carbonyl (C=O) groups excluding carboxylic acids is 1. The summed E-state index contributed by atoms with van der Waals surface area (Å²) in [5.41, 5.74) is 8.18. The Morgan fingerprint density at radius 2 is 2.08 bits per heavy atom. The van der Waals surface area contributed by atoms with Crippen LogP contribution in [-0.2, 0) is 16.0 Å². The first-order valence-electron chi connectivity index (χ1n) is 13.0. The van der Waals surface area contributed by atoms with Gasteiger partial charge in [-0.3, -0.25) is 9.69 Å². The third kappa shape index (κ3) is 4.50. The normalized spacial score (nSPS) is 18.8. The second-order valence-electron chi connectivity index (χ2n) is 10.0. The van der Waals surface area contributed by atoms with E-state index in [1.165, 1.54) is 17.5 Å². The fourth-order valence-corrected chi connectivity index (χ4v) is 5.63. The highest BCUT2D eigenvalue weighted by atomic mass is 16.5. The smallest absolute Gasteiger partial charge is 0.237 e. The Kier molecular flexibility index (Phi) is 6.51. The van der Waals surface area contributed by atoms with Crippen LogP contribution in [0, 0.1) is 0 Å². The Morgan fingerprint density at radius 1 is 1.24 bits per heavy atom. The first-order chi connectivity index (χ1) is 18.5. The molecule has 8 nitrogen and oxygen atoms in total. The van der Waals surface area contributed by atoms with Crippen LogP contribution in [0.25, 0.3) is 22.6 Å². The standard InChI is InChI=1S/C30H32N4O4/c1-19-12-25(32-26-15-28(36-3)24(14-22(19)26)29-16-31-18-38-29)21-5-4-20-6-7-27(23(20)13-21)33(2)30(35)17-34-8-10-37-11-9-34/h4-5,12-16,18,27,32H,1,6-11,17H2,2-3H3. The highest BCUT2D eigenvalue weighted by Gasteiger charge is 2.30. The molecule has 2 aromatic carbocycles. The summed E-state index contributed by atoms with van der Waals surface area (Å²) in [4.78, 5) is 21.3. The summed E-state index contributed by atoms with van der Waals surface area (Å²) in [7, 11) is 3.58. The largest absolute Gasteiger partial charge is 0.496 e. The minimum atomic E-state index is 0.0720. The van der Waals surface area contributed by atoms with Crippen molar-refractivity contribution < 1.29 is 18.7 Å². The number of anilines is 1. The zero-order chi connectivity index (χ0) is 26.2. The fourth-order valence-electron chi connectivity index (χ4n) is 5.63. The minimum Gasteiger partial charge on any atom is -0.496 e. The van der Waals surface area contributed by atoms with E-state index < -0.39 is 0 Å². The number of allylic oxidation sites excluding steroid dienone is 2. The van der Waals surface area contributed by atoms with E-state index in [9.17, 15) is 4.79 Å². The second kappa shape index (κ2) is 10.1. The maximum absolute atomic E-state index is 13.1. The van der Waals surface area contributed by atoms with Crippen molar-refractivity contribution in [2.45, 2.75) is 18.9 Å². The van der Waals surface area contributed by atoms with E-state index in [1.807, 2.05) is 24.1 Å². The predicted molar refractivity (Wildman–Crippen MR) is 147 cm³/mol. The second-order valence-corrected chi connectivity index (χ2v) is 10.0. The molecule has 8 heteroatoms. The van der Waals surface area contributed by atoms with Gasteiger partial charge in [-0.1, -0.05) is 18.7 Å². The van der Waals surface area contributed by atoms with Crippen LogP contribution in [0.1, 0.15) is 34.7 Å². The Bertz CT molecular complexity index is 1410. The van der Waals surface area contributed by atoms with Crippen molar-refractivity contribution >= 4 is 22.9 Å². The van der Waals surface area contributed by atoms with Crippen molar-refractivity contribution in [3.05, 3.63) is 77.8 Å².